The summed E-state index contributed by atoms with van der Waals surface area (Å²) in [6, 6.07) is 0. The lowest BCUT2D eigenvalue weighted by molar-refractivity contribution is 0.155. The Balaban J connectivity index is 2.38. The van der Waals surface area contributed by atoms with Crippen LogP contribution in [0.2, 0.25) is 0 Å². The SMILES string of the molecule is CNCCc1noc(CC(C)COC)n1. The van der Waals surface area contributed by atoms with E-state index >= 15 is 0 Å². The number of nitrogens with zero attached hydrogens (tertiary/aromatic N) is 2. The molecule has 0 aliphatic carbocycles. The van der Waals surface area contributed by atoms with Crippen molar-refractivity contribution in [3.8, 4) is 0 Å². The molecule has 86 valence electrons. The van der Waals surface area contributed by atoms with Crippen molar-refractivity contribution in [1.82, 2.24) is 15.5 Å². The third kappa shape index (κ3) is 4.40. The molecular formula is C10H19N3O2. The van der Waals surface area contributed by atoms with E-state index in [1.165, 1.54) is 0 Å². The minimum absolute atomic E-state index is 0.410. The predicted octanol–water partition coefficient (Wildman–Crippen LogP) is 0.656. The second-order valence-electron chi connectivity index (χ2n) is 3.72. The molecule has 1 rings (SSSR count). The number of methoxy groups -OCH3 is 1. The van der Waals surface area contributed by atoms with Gasteiger partial charge < -0.3 is 14.6 Å². The first-order chi connectivity index (χ1) is 7.26. The summed E-state index contributed by atoms with van der Waals surface area (Å²) in [6.45, 7) is 3.68. The number of likely N-dealkylation sites (N-methyl/N-ethyl adjacent to an activating group) is 1. The van der Waals surface area contributed by atoms with Gasteiger partial charge in [-0.15, -0.1) is 0 Å². The number of nitrogens with one attached hydrogen (secondary N) is 1. The summed E-state index contributed by atoms with van der Waals surface area (Å²) in [4.78, 5) is 4.30. The second-order valence-corrected chi connectivity index (χ2v) is 3.72. The number of ether oxygens (including phenoxy) is 1. The van der Waals surface area contributed by atoms with Crippen LogP contribution in [0.5, 0.6) is 0 Å². The van der Waals surface area contributed by atoms with E-state index in [0.717, 1.165) is 25.2 Å². The molecule has 0 bridgehead atoms. The number of rotatable bonds is 7. The molecule has 0 aliphatic rings. The molecule has 1 heterocycles. The fourth-order valence-electron chi connectivity index (χ4n) is 1.35. The zero-order valence-electron chi connectivity index (χ0n) is 9.62. The molecule has 1 aromatic rings. The minimum Gasteiger partial charge on any atom is -0.384 e. The Morgan fingerprint density at radius 3 is 3.00 bits per heavy atom. The van der Waals surface area contributed by atoms with Gasteiger partial charge >= 0.3 is 0 Å². The Kier molecular flexibility index (Phi) is 5.28. The highest BCUT2D eigenvalue weighted by molar-refractivity contribution is 4.88. The molecule has 0 spiro atoms. The van der Waals surface area contributed by atoms with E-state index in [4.69, 9.17) is 9.26 Å². The van der Waals surface area contributed by atoms with Crippen LogP contribution in [-0.2, 0) is 17.6 Å². The molecule has 1 atom stereocenters. The number of aromatic nitrogens is 2. The standard InChI is InChI=1S/C10H19N3O2/c1-8(7-14-3)6-10-12-9(13-15-10)4-5-11-2/h8,11H,4-7H2,1-3H3. The molecule has 0 aromatic carbocycles. The molecule has 1 unspecified atom stereocenters. The number of hydrogen-bond donors (Lipinski definition) is 1. The van der Waals surface area contributed by atoms with Crippen molar-refractivity contribution < 1.29 is 9.26 Å². The monoisotopic (exact) mass is 213 g/mol. The molecular weight excluding hydrogens is 194 g/mol. The quantitative estimate of drug-likeness (QED) is 0.721. The molecule has 0 saturated carbocycles. The van der Waals surface area contributed by atoms with Gasteiger partial charge in [-0.2, -0.15) is 4.98 Å². The third-order valence-electron chi connectivity index (χ3n) is 2.08. The van der Waals surface area contributed by atoms with Crippen LogP contribution in [0, 0.1) is 5.92 Å². The maximum Gasteiger partial charge on any atom is 0.226 e. The maximum atomic E-state index is 5.13. The van der Waals surface area contributed by atoms with Crippen LogP contribution in [-0.4, -0.2) is 37.4 Å². The van der Waals surface area contributed by atoms with Crippen LogP contribution in [0.25, 0.3) is 0 Å². The van der Waals surface area contributed by atoms with Crippen LogP contribution in [0.4, 0.5) is 0 Å². The molecule has 5 nitrogen and oxygen atoms in total. The fraction of sp³-hybridized carbons (Fsp3) is 0.800. The van der Waals surface area contributed by atoms with E-state index in [1.807, 2.05) is 7.05 Å². The smallest absolute Gasteiger partial charge is 0.226 e. The van der Waals surface area contributed by atoms with Crippen molar-refractivity contribution in [2.24, 2.45) is 5.92 Å². The molecule has 0 radical (unpaired) electrons. The highest BCUT2D eigenvalue weighted by Crippen LogP contribution is 2.06. The Morgan fingerprint density at radius 2 is 2.33 bits per heavy atom. The van der Waals surface area contributed by atoms with Crippen LogP contribution < -0.4 is 5.32 Å². The van der Waals surface area contributed by atoms with E-state index in [9.17, 15) is 0 Å². The average Bonchev–Trinajstić information content (AvgIpc) is 2.63. The van der Waals surface area contributed by atoms with E-state index in [-0.39, 0.29) is 0 Å². The van der Waals surface area contributed by atoms with Gasteiger partial charge in [0.2, 0.25) is 5.89 Å². The topological polar surface area (TPSA) is 60.2 Å². The first kappa shape index (κ1) is 12.1. The van der Waals surface area contributed by atoms with Crippen molar-refractivity contribution in [3.63, 3.8) is 0 Å². The van der Waals surface area contributed by atoms with E-state index < -0.39 is 0 Å². The molecule has 0 amide bonds. The van der Waals surface area contributed by atoms with Gasteiger partial charge in [0.15, 0.2) is 5.82 Å². The Hall–Kier alpha value is -0.940. The Labute approximate surface area is 90.2 Å². The van der Waals surface area contributed by atoms with Crippen molar-refractivity contribution in [3.05, 3.63) is 11.7 Å². The highest BCUT2D eigenvalue weighted by atomic mass is 16.5. The van der Waals surface area contributed by atoms with Gasteiger partial charge in [0.25, 0.3) is 0 Å². The zero-order chi connectivity index (χ0) is 11.1. The van der Waals surface area contributed by atoms with Gasteiger partial charge in [-0.05, 0) is 13.0 Å². The lowest BCUT2D eigenvalue weighted by Gasteiger charge is -2.05. The average molecular weight is 213 g/mol. The summed E-state index contributed by atoms with van der Waals surface area (Å²) >= 11 is 0. The Morgan fingerprint density at radius 1 is 1.53 bits per heavy atom. The molecule has 0 fully saturated rings. The molecule has 1 N–H and O–H groups in total. The van der Waals surface area contributed by atoms with E-state index in [1.54, 1.807) is 7.11 Å². The predicted molar refractivity (Wildman–Crippen MR) is 56.7 cm³/mol. The van der Waals surface area contributed by atoms with Gasteiger partial charge in [-0.3, -0.25) is 0 Å². The summed E-state index contributed by atoms with van der Waals surface area (Å²) in [7, 11) is 3.60. The molecule has 1 aromatic heterocycles. The minimum atomic E-state index is 0.410. The summed E-state index contributed by atoms with van der Waals surface area (Å²) < 4.78 is 10.2. The third-order valence-corrected chi connectivity index (χ3v) is 2.08. The first-order valence-corrected chi connectivity index (χ1v) is 5.21. The molecule has 15 heavy (non-hydrogen) atoms. The largest absolute Gasteiger partial charge is 0.384 e. The van der Waals surface area contributed by atoms with Crippen LogP contribution >= 0.6 is 0 Å². The normalized spacial score (nSPS) is 13.0. The summed E-state index contributed by atoms with van der Waals surface area (Å²) in [6.07, 6.45) is 1.58. The number of hydrogen-bond acceptors (Lipinski definition) is 5. The summed E-state index contributed by atoms with van der Waals surface area (Å²) in [5.74, 6) is 1.88. The van der Waals surface area contributed by atoms with Crippen molar-refractivity contribution >= 4 is 0 Å². The van der Waals surface area contributed by atoms with Crippen LogP contribution in [0.1, 0.15) is 18.6 Å². The van der Waals surface area contributed by atoms with Crippen molar-refractivity contribution in [2.75, 3.05) is 27.3 Å². The molecule has 0 saturated heterocycles. The molecule has 0 aliphatic heterocycles. The van der Waals surface area contributed by atoms with Crippen molar-refractivity contribution in [2.45, 2.75) is 19.8 Å². The summed E-state index contributed by atoms with van der Waals surface area (Å²) in [5, 5.41) is 6.94. The van der Waals surface area contributed by atoms with Gasteiger partial charge in [-0.25, -0.2) is 0 Å². The molecule has 5 heteroatoms. The van der Waals surface area contributed by atoms with Crippen molar-refractivity contribution in [1.29, 1.82) is 0 Å². The van der Waals surface area contributed by atoms with Gasteiger partial charge in [-0.1, -0.05) is 12.1 Å². The summed E-state index contributed by atoms with van der Waals surface area (Å²) in [5.41, 5.74) is 0. The fourth-order valence-corrected chi connectivity index (χ4v) is 1.35. The van der Waals surface area contributed by atoms with Gasteiger partial charge in [0, 0.05) is 33.1 Å². The lowest BCUT2D eigenvalue weighted by Crippen LogP contribution is -2.11. The second kappa shape index (κ2) is 6.53. The maximum absolute atomic E-state index is 5.13. The van der Waals surface area contributed by atoms with Gasteiger partial charge in [0.05, 0.1) is 0 Å². The van der Waals surface area contributed by atoms with E-state index in [0.29, 0.717) is 18.4 Å². The zero-order valence-corrected chi connectivity index (χ0v) is 9.62. The van der Waals surface area contributed by atoms with Crippen LogP contribution in [0.15, 0.2) is 4.52 Å². The van der Waals surface area contributed by atoms with Gasteiger partial charge in [0.1, 0.15) is 0 Å². The van der Waals surface area contributed by atoms with E-state index in [2.05, 4.69) is 22.4 Å². The first-order valence-electron chi connectivity index (χ1n) is 5.21. The highest BCUT2D eigenvalue weighted by Gasteiger charge is 2.10. The van der Waals surface area contributed by atoms with Crippen LogP contribution in [0.3, 0.4) is 0 Å². The lowest BCUT2D eigenvalue weighted by atomic mass is 10.1. The Bertz CT molecular complexity index is 275.